The van der Waals surface area contributed by atoms with Crippen LogP contribution in [0.3, 0.4) is 0 Å². The SMILES string of the molecule is Cc1noc(C)c1-c1cnc2c(c1)c(-c1ccc(C(=O)O)cc1OC(F)(F)F)c(C)n2-c1ncccc1C#N. The first-order chi connectivity index (χ1) is 18.5. The second-order valence-electron chi connectivity index (χ2n) is 8.64. The van der Waals surface area contributed by atoms with Crippen molar-refractivity contribution in [2.75, 3.05) is 0 Å². The van der Waals surface area contributed by atoms with Crippen LogP contribution in [0.2, 0.25) is 0 Å². The molecule has 196 valence electrons. The number of rotatable bonds is 5. The van der Waals surface area contributed by atoms with Gasteiger partial charge in [0.05, 0.1) is 16.8 Å². The van der Waals surface area contributed by atoms with Gasteiger partial charge >= 0.3 is 12.3 Å². The molecule has 9 nitrogen and oxygen atoms in total. The van der Waals surface area contributed by atoms with Gasteiger partial charge in [-0.05, 0) is 57.2 Å². The van der Waals surface area contributed by atoms with Crippen LogP contribution in [0.5, 0.6) is 5.75 Å². The summed E-state index contributed by atoms with van der Waals surface area (Å²) in [6.45, 7) is 5.12. The Labute approximate surface area is 218 Å². The summed E-state index contributed by atoms with van der Waals surface area (Å²) in [6, 6.07) is 10.2. The number of carboxylic acids is 1. The molecule has 0 unspecified atom stereocenters. The number of halogens is 3. The number of alkyl halides is 3. The summed E-state index contributed by atoms with van der Waals surface area (Å²) in [4.78, 5) is 20.5. The lowest BCUT2D eigenvalue weighted by Crippen LogP contribution is -2.18. The highest BCUT2D eigenvalue weighted by atomic mass is 19.4. The van der Waals surface area contributed by atoms with E-state index in [0.717, 1.165) is 6.07 Å². The number of pyridine rings is 2. The molecule has 0 aliphatic rings. The van der Waals surface area contributed by atoms with Crippen molar-refractivity contribution >= 4 is 17.0 Å². The Hall–Kier alpha value is -5.18. The van der Waals surface area contributed by atoms with Gasteiger partial charge in [0, 0.05) is 45.7 Å². The lowest BCUT2D eigenvalue weighted by molar-refractivity contribution is -0.274. The maximum Gasteiger partial charge on any atom is 0.573 e. The molecule has 0 aliphatic carbocycles. The first kappa shape index (κ1) is 25.5. The number of carboxylic acid groups (broad SMARTS) is 1. The van der Waals surface area contributed by atoms with Crippen LogP contribution in [0.1, 0.15) is 33.1 Å². The first-order valence-corrected chi connectivity index (χ1v) is 11.4. The molecular weight excluding hydrogens is 515 g/mol. The molecule has 4 heterocycles. The van der Waals surface area contributed by atoms with Gasteiger partial charge in [-0.3, -0.25) is 4.57 Å². The standard InChI is InChI=1S/C27H18F3N5O4/c1-13-22(15(3)39-34-13)18-9-20-23(19-7-6-16(26(36)37)10-21(19)38-27(28,29)30)14(2)35(25(20)33-12-18)24-17(11-31)5-4-8-32-24/h4-10,12H,1-3H3,(H,36,37). The second kappa shape index (κ2) is 9.29. The summed E-state index contributed by atoms with van der Waals surface area (Å²) in [5.41, 5.74) is 2.67. The summed E-state index contributed by atoms with van der Waals surface area (Å²) >= 11 is 0. The molecule has 0 spiro atoms. The lowest BCUT2D eigenvalue weighted by atomic mass is 9.98. The molecule has 0 saturated carbocycles. The third kappa shape index (κ3) is 4.44. The predicted octanol–water partition coefficient (Wildman–Crippen LogP) is 6.14. The molecule has 1 N–H and O–H groups in total. The zero-order valence-corrected chi connectivity index (χ0v) is 20.7. The van der Waals surface area contributed by atoms with Crippen LogP contribution in [0.4, 0.5) is 13.2 Å². The van der Waals surface area contributed by atoms with Gasteiger partial charge in [0.2, 0.25) is 0 Å². The highest BCUT2D eigenvalue weighted by Gasteiger charge is 2.34. The van der Waals surface area contributed by atoms with Crippen LogP contribution in [-0.4, -0.2) is 37.1 Å². The van der Waals surface area contributed by atoms with Gasteiger partial charge in [0.25, 0.3) is 0 Å². The average Bonchev–Trinajstić information content (AvgIpc) is 3.37. The average molecular weight is 533 g/mol. The third-order valence-electron chi connectivity index (χ3n) is 6.21. The van der Waals surface area contributed by atoms with Crippen molar-refractivity contribution in [1.29, 1.82) is 5.26 Å². The summed E-state index contributed by atoms with van der Waals surface area (Å²) in [6.07, 6.45) is -2.03. The van der Waals surface area contributed by atoms with Crippen LogP contribution >= 0.6 is 0 Å². The number of nitriles is 1. The van der Waals surface area contributed by atoms with E-state index in [2.05, 4.69) is 25.9 Å². The number of hydrogen-bond donors (Lipinski definition) is 1. The van der Waals surface area contributed by atoms with Crippen LogP contribution in [0.15, 0.2) is 53.3 Å². The Kier molecular flexibility index (Phi) is 6.06. The van der Waals surface area contributed by atoms with E-state index >= 15 is 0 Å². The number of hydrogen-bond acceptors (Lipinski definition) is 7. The van der Waals surface area contributed by atoms with Crippen molar-refractivity contribution in [3.05, 3.63) is 77.1 Å². The van der Waals surface area contributed by atoms with Crippen molar-refractivity contribution in [1.82, 2.24) is 19.7 Å². The summed E-state index contributed by atoms with van der Waals surface area (Å²) in [7, 11) is 0. The van der Waals surface area contributed by atoms with Crippen LogP contribution in [0, 0.1) is 32.1 Å². The number of nitrogens with zero attached hydrogens (tertiary/aromatic N) is 5. The smallest absolute Gasteiger partial charge is 0.478 e. The maximum absolute atomic E-state index is 13.4. The van der Waals surface area contributed by atoms with Crippen molar-refractivity contribution < 1.29 is 32.3 Å². The molecule has 0 amide bonds. The first-order valence-electron chi connectivity index (χ1n) is 11.4. The molecule has 39 heavy (non-hydrogen) atoms. The molecule has 1 aromatic carbocycles. The van der Waals surface area contributed by atoms with Gasteiger partial charge in [-0.2, -0.15) is 5.26 Å². The Balaban J connectivity index is 1.90. The Bertz CT molecular complexity index is 1800. The molecule has 0 bridgehead atoms. The van der Waals surface area contributed by atoms with E-state index in [1.807, 2.05) is 0 Å². The molecule has 0 fully saturated rings. The van der Waals surface area contributed by atoms with Crippen molar-refractivity contribution in [2.24, 2.45) is 0 Å². The van der Waals surface area contributed by atoms with Crippen molar-refractivity contribution in [3.8, 4) is 39.9 Å². The highest BCUT2D eigenvalue weighted by Crippen LogP contribution is 2.43. The monoisotopic (exact) mass is 533 g/mol. The minimum atomic E-state index is -5.09. The zero-order chi connectivity index (χ0) is 28.1. The minimum Gasteiger partial charge on any atom is -0.478 e. The van der Waals surface area contributed by atoms with Crippen molar-refractivity contribution in [3.63, 3.8) is 0 Å². The molecule has 0 saturated heterocycles. The topological polar surface area (TPSA) is 127 Å². The summed E-state index contributed by atoms with van der Waals surface area (Å²) < 4.78 is 51.5. The second-order valence-corrected chi connectivity index (χ2v) is 8.64. The quantitative estimate of drug-likeness (QED) is 0.286. The van der Waals surface area contributed by atoms with E-state index in [1.54, 1.807) is 49.7 Å². The van der Waals surface area contributed by atoms with Gasteiger partial charge in [-0.25, -0.2) is 14.8 Å². The lowest BCUT2D eigenvalue weighted by Gasteiger charge is -2.15. The van der Waals surface area contributed by atoms with Gasteiger partial charge in [-0.1, -0.05) is 5.16 Å². The van der Waals surface area contributed by atoms with E-state index in [1.165, 1.54) is 18.3 Å². The molecule has 5 aromatic rings. The fourth-order valence-electron chi connectivity index (χ4n) is 4.65. The van der Waals surface area contributed by atoms with Gasteiger partial charge in [0.15, 0.2) is 5.82 Å². The third-order valence-corrected chi connectivity index (χ3v) is 6.21. The number of carbonyl (C=O) groups is 1. The number of ether oxygens (including phenoxy) is 1. The Morgan fingerprint density at radius 3 is 2.54 bits per heavy atom. The van der Waals surface area contributed by atoms with E-state index in [-0.39, 0.29) is 28.1 Å². The molecule has 5 rings (SSSR count). The molecule has 12 heteroatoms. The Morgan fingerprint density at radius 2 is 1.90 bits per heavy atom. The summed E-state index contributed by atoms with van der Waals surface area (Å²) in [5, 5.41) is 23.5. The Morgan fingerprint density at radius 1 is 1.13 bits per heavy atom. The molecular formula is C27H18F3N5O4. The molecule has 0 aliphatic heterocycles. The van der Waals surface area contributed by atoms with E-state index in [4.69, 9.17) is 4.52 Å². The van der Waals surface area contributed by atoms with Gasteiger partial charge in [0.1, 0.15) is 23.2 Å². The fraction of sp³-hybridized carbons (Fsp3) is 0.148. The summed E-state index contributed by atoms with van der Waals surface area (Å²) in [5.74, 6) is -1.36. The predicted molar refractivity (Wildman–Crippen MR) is 132 cm³/mol. The van der Waals surface area contributed by atoms with Crippen LogP contribution in [-0.2, 0) is 0 Å². The largest absolute Gasteiger partial charge is 0.573 e. The van der Waals surface area contributed by atoms with Crippen molar-refractivity contribution in [2.45, 2.75) is 27.1 Å². The van der Waals surface area contributed by atoms with Crippen LogP contribution in [0.25, 0.3) is 39.1 Å². The molecule has 0 atom stereocenters. The number of aromatic carboxylic acids is 1. The van der Waals surface area contributed by atoms with E-state index in [0.29, 0.717) is 39.3 Å². The number of aromatic nitrogens is 4. The van der Waals surface area contributed by atoms with E-state index < -0.39 is 18.1 Å². The molecule has 0 radical (unpaired) electrons. The van der Waals surface area contributed by atoms with Gasteiger partial charge < -0.3 is 14.4 Å². The zero-order valence-electron chi connectivity index (χ0n) is 20.7. The molecule has 4 aromatic heterocycles. The van der Waals surface area contributed by atoms with E-state index in [9.17, 15) is 28.3 Å². The highest BCUT2D eigenvalue weighted by molar-refractivity contribution is 6.01. The fourth-order valence-corrected chi connectivity index (χ4v) is 4.65. The number of benzene rings is 1. The number of fused-ring (bicyclic) bond motifs is 1. The van der Waals surface area contributed by atoms with Gasteiger partial charge in [-0.15, -0.1) is 13.2 Å². The normalized spacial score (nSPS) is 11.5. The minimum absolute atomic E-state index is 0.0225. The maximum atomic E-state index is 13.4. The number of aryl methyl sites for hydroxylation is 2. The van der Waals surface area contributed by atoms with Crippen LogP contribution < -0.4 is 4.74 Å².